The van der Waals surface area contributed by atoms with Gasteiger partial charge in [-0.2, -0.15) is 0 Å². The number of rotatable bonds is 4. The highest BCUT2D eigenvalue weighted by Crippen LogP contribution is 2.25. The summed E-state index contributed by atoms with van der Waals surface area (Å²) in [5, 5.41) is 0. The number of nitrogens with zero attached hydrogens (tertiary/aromatic N) is 1. The fraction of sp³-hybridized carbons (Fsp3) is 0.588. The van der Waals surface area contributed by atoms with Gasteiger partial charge in [0.15, 0.2) is 5.78 Å². The molecule has 2 nitrogen and oxygen atoms in total. The van der Waals surface area contributed by atoms with Gasteiger partial charge in [0.25, 0.3) is 0 Å². The number of hydrogen-bond donors (Lipinski definition) is 0. The Morgan fingerprint density at radius 3 is 2.26 bits per heavy atom. The summed E-state index contributed by atoms with van der Waals surface area (Å²) in [7, 11) is 0. The van der Waals surface area contributed by atoms with E-state index in [2.05, 4.69) is 18.7 Å². The van der Waals surface area contributed by atoms with Crippen LogP contribution in [-0.4, -0.2) is 30.3 Å². The standard InChI is InChI=1S/C17H25NO/c1-14-7-9-15(10-8-14)16(19)17(2,3)13-18-11-5-4-6-12-18/h7-10H,4-6,11-13H2,1-3H3. The molecule has 1 aromatic rings. The molecule has 0 amide bonds. The van der Waals surface area contributed by atoms with Crippen LogP contribution in [0.15, 0.2) is 24.3 Å². The second kappa shape index (κ2) is 5.87. The molecule has 0 spiro atoms. The molecule has 0 atom stereocenters. The van der Waals surface area contributed by atoms with Crippen LogP contribution in [0.2, 0.25) is 0 Å². The average molecular weight is 259 g/mol. The lowest BCUT2D eigenvalue weighted by Gasteiger charge is -2.34. The summed E-state index contributed by atoms with van der Waals surface area (Å²) in [6.07, 6.45) is 3.88. The maximum absolute atomic E-state index is 12.6. The van der Waals surface area contributed by atoms with Crippen LogP contribution < -0.4 is 0 Å². The number of likely N-dealkylation sites (tertiary alicyclic amines) is 1. The highest BCUT2D eigenvalue weighted by atomic mass is 16.1. The first kappa shape index (κ1) is 14.3. The molecular formula is C17H25NO. The van der Waals surface area contributed by atoms with E-state index in [-0.39, 0.29) is 11.2 Å². The Kier molecular flexibility index (Phi) is 4.41. The zero-order chi connectivity index (χ0) is 13.9. The van der Waals surface area contributed by atoms with Crippen LogP contribution in [0.3, 0.4) is 0 Å². The number of carbonyl (C=O) groups is 1. The van der Waals surface area contributed by atoms with Gasteiger partial charge in [0.1, 0.15) is 0 Å². The molecule has 2 heteroatoms. The Hall–Kier alpha value is -1.15. The molecule has 0 aliphatic carbocycles. The zero-order valence-corrected chi connectivity index (χ0v) is 12.4. The van der Waals surface area contributed by atoms with E-state index in [9.17, 15) is 4.79 Å². The third-order valence-corrected chi connectivity index (χ3v) is 4.00. The smallest absolute Gasteiger partial charge is 0.169 e. The number of benzene rings is 1. The quantitative estimate of drug-likeness (QED) is 0.769. The fourth-order valence-corrected chi connectivity index (χ4v) is 2.84. The van der Waals surface area contributed by atoms with Crippen molar-refractivity contribution in [2.75, 3.05) is 19.6 Å². The van der Waals surface area contributed by atoms with Gasteiger partial charge in [-0.05, 0) is 32.9 Å². The maximum atomic E-state index is 12.6. The normalized spacial score (nSPS) is 17.4. The average Bonchev–Trinajstić information content (AvgIpc) is 2.39. The van der Waals surface area contributed by atoms with Crippen LogP contribution in [0.4, 0.5) is 0 Å². The predicted octanol–water partition coefficient (Wildman–Crippen LogP) is 3.69. The van der Waals surface area contributed by atoms with Crippen molar-refractivity contribution in [1.29, 1.82) is 0 Å². The van der Waals surface area contributed by atoms with Crippen molar-refractivity contribution < 1.29 is 4.79 Å². The second-order valence-electron chi connectivity index (χ2n) is 6.42. The minimum Gasteiger partial charge on any atom is -0.302 e. The number of hydrogen-bond acceptors (Lipinski definition) is 2. The van der Waals surface area contributed by atoms with Gasteiger partial charge in [-0.1, -0.05) is 50.1 Å². The van der Waals surface area contributed by atoms with Gasteiger partial charge in [0, 0.05) is 17.5 Å². The molecular weight excluding hydrogens is 234 g/mol. The highest BCUT2D eigenvalue weighted by Gasteiger charge is 2.31. The molecule has 1 heterocycles. The molecule has 0 radical (unpaired) electrons. The molecule has 0 bridgehead atoms. The van der Waals surface area contributed by atoms with Crippen molar-refractivity contribution in [2.45, 2.75) is 40.0 Å². The molecule has 19 heavy (non-hydrogen) atoms. The minimum atomic E-state index is -0.299. The maximum Gasteiger partial charge on any atom is 0.169 e. The van der Waals surface area contributed by atoms with Crippen molar-refractivity contribution in [2.24, 2.45) is 5.41 Å². The monoisotopic (exact) mass is 259 g/mol. The summed E-state index contributed by atoms with van der Waals surface area (Å²) < 4.78 is 0. The second-order valence-corrected chi connectivity index (χ2v) is 6.42. The summed E-state index contributed by atoms with van der Waals surface area (Å²) >= 11 is 0. The lowest BCUT2D eigenvalue weighted by Crippen LogP contribution is -2.41. The zero-order valence-electron chi connectivity index (χ0n) is 12.4. The van der Waals surface area contributed by atoms with Crippen molar-refractivity contribution in [3.8, 4) is 0 Å². The highest BCUT2D eigenvalue weighted by molar-refractivity contribution is 6.00. The van der Waals surface area contributed by atoms with Crippen molar-refractivity contribution in [3.63, 3.8) is 0 Å². The molecule has 1 aliphatic heterocycles. The predicted molar refractivity (Wildman–Crippen MR) is 79.6 cm³/mol. The van der Waals surface area contributed by atoms with E-state index in [0.717, 1.165) is 25.2 Å². The fourth-order valence-electron chi connectivity index (χ4n) is 2.84. The van der Waals surface area contributed by atoms with E-state index in [1.165, 1.54) is 24.8 Å². The molecule has 0 unspecified atom stereocenters. The number of carbonyl (C=O) groups excluding carboxylic acids is 1. The first-order valence-corrected chi connectivity index (χ1v) is 7.33. The Bertz CT molecular complexity index is 427. The molecule has 1 aromatic carbocycles. The van der Waals surface area contributed by atoms with E-state index in [1.807, 2.05) is 31.2 Å². The summed E-state index contributed by atoms with van der Waals surface area (Å²) in [4.78, 5) is 15.1. The number of Topliss-reactive ketones (excluding diaryl/α,β-unsaturated/α-hetero) is 1. The Balaban J connectivity index is 2.05. The first-order valence-electron chi connectivity index (χ1n) is 7.33. The minimum absolute atomic E-state index is 0.262. The Morgan fingerprint density at radius 2 is 1.68 bits per heavy atom. The molecule has 104 valence electrons. The summed E-state index contributed by atoms with van der Waals surface area (Å²) in [6, 6.07) is 7.94. The largest absolute Gasteiger partial charge is 0.302 e. The molecule has 0 N–H and O–H groups in total. The van der Waals surface area contributed by atoms with Crippen molar-refractivity contribution >= 4 is 5.78 Å². The summed E-state index contributed by atoms with van der Waals surface area (Å²) in [5.74, 6) is 0.262. The SMILES string of the molecule is Cc1ccc(C(=O)C(C)(C)CN2CCCCC2)cc1. The van der Waals surface area contributed by atoms with Crippen molar-refractivity contribution in [3.05, 3.63) is 35.4 Å². The van der Waals surface area contributed by atoms with Crippen LogP contribution in [0.1, 0.15) is 49.0 Å². The number of piperidine rings is 1. The lowest BCUT2D eigenvalue weighted by atomic mass is 9.83. The van der Waals surface area contributed by atoms with E-state index >= 15 is 0 Å². The van der Waals surface area contributed by atoms with E-state index in [1.54, 1.807) is 0 Å². The molecule has 1 saturated heterocycles. The van der Waals surface area contributed by atoms with Gasteiger partial charge in [-0.3, -0.25) is 4.79 Å². The third-order valence-electron chi connectivity index (χ3n) is 4.00. The lowest BCUT2D eigenvalue weighted by molar-refractivity contribution is 0.0744. The number of aryl methyl sites for hydroxylation is 1. The van der Waals surface area contributed by atoms with Gasteiger partial charge in [-0.25, -0.2) is 0 Å². The van der Waals surface area contributed by atoms with Gasteiger partial charge in [-0.15, -0.1) is 0 Å². The van der Waals surface area contributed by atoms with Gasteiger partial charge in [0.05, 0.1) is 0 Å². The summed E-state index contributed by atoms with van der Waals surface area (Å²) in [5.41, 5.74) is 1.74. The summed E-state index contributed by atoms with van der Waals surface area (Å²) in [6.45, 7) is 9.36. The van der Waals surface area contributed by atoms with E-state index in [4.69, 9.17) is 0 Å². The topological polar surface area (TPSA) is 20.3 Å². The Morgan fingerprint density at radius 1 is 1.11 bits per heavy atom. The molecule has 0 aromatic heterocycles. The molecule has 2 rings (SSSR count). The van der Waals surface area contributed by atoms with Crippen molar-refractivity contribution in [1.82, 2.24) is 4.90 Å². The third kappa shape index (κ3) is 3.66. The first-order chi connectivity index (χ1) is 8.99. The van der Waals surface area contributed by atoms with Gasteiger partial charge >= 0.3 is 0 Å². The van der Waals surface area contributed by atoms with E-state index < -0.39 is 0 Å². The van der Waals surface area contributed by atoms with Crippen LogP contribution >= 0.6 is 0 Å². The number of ketones is 1. The molecule has 1 fully saturated rings. The molecule has 1 aliphatic rings. The molecule has 0 saturated carbocycles. The van der Waals surface area contributed by atoms with Crippen LogP contribution in [0, 0.1) is 12.3 Å². The Labute approximate surface area is 116 Å². The van der Waals surface area contributed by atoms with Crippen LogP contribution in [0.5, 0.6) is 0 Å². The van der Waals surface area contributed by atoms with E-state index in [0.29, 0.717) is 0 Å². The van der Waals surface area contributed by atoms with Crippen LogP contribution in [-0.2, 0) is 0 Å². The van der Waals surface area contributed by atoms with Gasteiger partial charge < -0.3 is 4.90 Å². The van der Waals surface area contributed by atoms with Crippen LogP contribution in [0.25, 0.3) is 0 Å². The van der Waals surface area contributed by atoms with Gasteiger partial charge in [0.2, 0.25) is 0 Å².